The molecular formula is C22H30BrNO2. The summed E-state index contributed by atoms with van der Waals surface area (Å²) in [7, 11) is 0. The van der Waals surface area contributed by atoms with Crippen LogP contribution < -0.4 is 17.0 Å². The molecule has 3 nitrogen and oxygen atoms in total. The first-order valence-corrected chi connectivity index (χ1v) is 9.58. The van der Waals surface area contributed by atoms with Crippen LogP contribution in [0.5, 0.6) is 0 Å². The first-order chi connectivity index (χ1) is 12.2. The Bertz CT molecular complexity index is 608. The average molecular weight is 420 g/mol. The van der Waals surface area contributed by atoms with E-state index in [0.717, 1.165) is 36.0 Å². The molecule has 1 heterocycles. The fourth-order valence-electron chi connectivity index (χ4n) is 4.36. The summed E-state index contributed by atoms with van der Waals surface area (Å²) in [4.78, 5) is 12.9. The van der Waals surface area contributed by atoms with E-state index >= 15 is 0 Å². The van der Waals surface area contributed by atoms with Gasteiger partial charge >= 0.3 is 5.97 Å². The number of hydrogen-bond donors (Lipinski definition) is 0. The molecule has 1 aliphatic carbocycles. The smallest absolute Gasteiger partial charge is 0.314 e. The van der Waals surface area contributed by atoms with Crippen LogP contribution in [0.4, 0.5) is 0 Å². The minimum atomic E-state index is -0.175. The van der Waals surface area contributed by atoms with E-state index in [1.54, 1.807) is 0 Å². The first kappa shape index (κ1) is 20.9. The number of carbonyl (C=O) groups excluding carboxylic acids is 1. The summed E-state index contributed by atoms with van der Waals surface area (Å²) in [5.74, 6) is 0.0167. The summed E-state index contributed by atoms with van der Waals surface area (Å²) in [6.45, 7) is 8.64. The number of allylic oxidation sites excluding steroid dienone is 2. The monoisotopic (exact) mass is 419 g/mol. The average Bonchev–Trinajstić information content (AvgIpc) is 3.29. The number of likely N-dealkylation sites (tertiary alicyclic amines) is 1. The summed E-state index contributed by atoms with van der Waals surface area (Å²) in [6, 6.07) is 10.1. The lowest BCUT2D eigenvalue weighted by Gasteiger charge is -2.33. The fraction of sp³-hybridized carbons (Fsp3) is 0.500. The van der Waals surface area contributed by atoms with Crippen LogP contribution in [0.3, 0.4) is 0 Å². The molecule has 26 heavy (non-hydrogen) atoms. The maximum Gasteiger partial charge on any atom is 0.314 e. The van der Waals surface area contributed by atoms with Gasteiger partial charge in [-0.15, -0.1) is 0 Å². The number of halogens is 1. The van der Waals surface area contributed by atoms with Crippen LogP contribution in [0.1, 0.15) is 37.2 Å². The van der Waals surface area contributed by atoms with Gasteiger partial charge in [0.25, 0.3) is 0 Å². The Morgan fingerprint density at radius 3 is 2.62 bits per heavy atom. The lowest BCUT2D eigenvalue weighted by atomic mass is 9.85. The molecule has 3 rings (SSSR count). The highest BCUT2D eigenvalue weighted by molar-refractivity contribution is 5.79. The summed E-state index contributed by atoms with van der Waals surface area (Å²) < 4.78 is 6.81. The molecule has 1 saturated heterocycles. The summed E-state index contributed by atoms with van der Waals surface area (Å²) in [5, 5.41) is 0. The van der Waals surface area contributed by atoms with Crippen molar-refractivity contribution in [2.75, 3.05) is 32.8 Å². The van der Waals surface area contributed by atoms with Crippen molar-refractivity contribution in [3.63, 3.8) is 0 Å². The third kappa shape index (κ3) is 5.08. The molecule has 2 atom stereocenters. The van der Waals surface area contributed by atoms with Crippen LogP contribution in [0.25, 0.3) is 0 Å². The maximum atomic E-state index is 12.9. The van der Waals surface area contributed by atoms with E-state index in [-0.39, 0.29) is 34.8 Å². The van der Waals surface area contributed by atoms with Gasteiger partial charge in [-0.2, -0.15) is 0 Å². The number of ether oxygens (including phenoxy) is 1. The Kier molecular flexibility index (Phi) is 8.11. The van der Waals surface area contributed by atoms with Gasteiger partial charge in [0.2, 0.25) is 0 Å². The third-order valence-electron chi connectivity index (χ3n) is 5.73. The normalized spacial score (nSPS) is 21.8. The standard InChI is InChI=1S/C22H30NO2.BrH/c1-2-14-23(15-8-9-16-23)17-18-25-22(24)21(20-12-6-7-13-20)19-10-4-3-5-11-19;/h2-6,10-12,20-21H,1,7-9,13-18H2;1H/q+1;/p-1. The van der Waals surface area contributed by atoms with Crippen molar-refractivity contribution in [2.24, 2.45) is 5.92 Å². The second-order valence-corrected chi connectivity index (χ2v) is 7.42. The van der Waals surface area contributed by atoms with Crippen molar-refractivity contribution in [3.8, 4) is 0 Å². The zero-order valence-electron chi connectivity index (χ0n) is 15.5. The van der Waals surface area contributed by atoms with Gasteiger partial charge in [0.1, 0.15) is 13.2 Å². The van der Waals surface area contributed by atoms with Crippen molar-refractivity contribution in [1.82, 2.24) is 0 Å². The van der Waals surface area contributed by atoms with Gasteiger partial charge < -0.3 is 26.2 Å². The number of carbonyl (C=O) groups is 1. The van der Waals surface area contributed by atoms with Crippen LogP contribution in [0, 0.1) is 5.92 Å². The van der Waals surface area contributed by atoms with Crippen molar-refractivity contribution < 1.29 is 31.0 Å². The molecule has 0 spiro atoms. The largest absolute Gasteiger partial charge is 1.00 e. The zero-order chi connectivity index (χ0) is 17.5. The minimum Gasteiger partial charge on any atom is -1.00 e. The van der Waals surface area contributed by atoms with E-state index in [1.807, 2.05) is 36.4 Å². The molecule has 2 unspecified atom stereocenters. The number of esters is 1. The number of hydrogen-bond acceptors (Lipinski definition) is 2. The molecule has 4 heteroatoms. The summed E-state index contributed by atoms with van der Waals surface area (Å²) in [6.07, 6.45) is 11.0. The zero-order valence-corrected chi connectivity index (χ0v) is 17.1. The Morgan fingerprint density at radius 2 is 2.00 bits per heavy atom. The summed E-state index contributed by atoms with van der Waals surface area (Å²) >= 11 is 0. The van der Waals surface area contributed by atoms with Gasteiger partial charge in [0.05, 0.1) is 25.6 Å². The molecule has 0 bridgehead atoms. The van der Waals surface area contributed by atoms with Gasteiger partial charge in [-0.25, -0.2) is 0 Å². The van der Waals surface area contributed by atoms with E-state index in [1.165, 1.54) is 25.9 Å². The van der Waals surface area contributed by atoms with Gasteiger partial charge in [-0.05, 0) is 30.4 Å². The highest BCUT2D eigenvalue weighted by Crippen LogP contribution is 2.34. The number of benzene rings is 1. The molecule has 1 aliphatic heterocycles. The van der Waals surface area contributed by atoms with E-state index in [2.05, 4.69) is 18.7 Å². The van der Waals surface area contributed by atoms with E-state index in [9.17, 15) is 4.79 Å². The lowest BCUT2D eigenvalue weighted by Crippen LogP contribution is -3.00. The Morgan fingerprint density at radius 1 is 1.27 bits per heavy atom. The minimum absolute atomic E-state index is 0. The Labute approximate surface area is 168 Å². The molecular weight excluding hydrogens is 390 g/mol. The highest BCUT2D eigenvalue weighted by Gasteiger charge is 2.33. The highest BCUT2D eigenvalue weighted by atomic mass is 79.9. The van der Waals surface area contributed by atoms with Crippen LogP contribution in [0.2, 0.25) is 0 Å². The SMILES string of the molecule is C=CC[N+]1(CCOC(=O)C(c2ccccc2)C2C=CCC2)CCCC1.[Br-]. The van der Waals surface area contributed by atoms with E-state index in [0.29, 0.717) is 6.61 Å². The second-order valence-electron chi connectivity index (χ2n) is 7.42. The molecule has 2 aliphatic rings. The van der Waals surface area contributed by atoms with Gasteiger partial charge in [-0.3, -0.25) is 4.79 Å². The van der Waals surface area contributed by atoms with Gasteiger partial charge in [0, 0.05) is 12.8 Å². The molecule has 0 N–H and O–H groups in total. The van der Waals surface area contributed by atoms with Crippen LogP contribution in [0.15, 0.2) is 55.1 Å². The van der Waals surface area contributed by atoms with E-state index in [4.69, 9.17) is 4.74 Å². The number of quaternary nitrogens is 1. The van der Waals surface area contributed by atoms with Crippen molar-refractivity contribution in [3.05, 3.63) is 60.7 Å². The van der Waals surface area contributed by atoms with E-state index < -0.39 is 0 Å². The fourth-order valence-corrected chi connectivity index (χ4v) is 4.36. The van der Waals surface area contributed by atoms with Crippen molar-refractivity contribution in [1.29, 1.82) is 0 Å². The first-order valence-electron chi connectivity index (χ1n) is 9.58. The predicted molar refractivity (Wildman–Crippen MR) is 101 cm³/mol. The number of rotatable bonds is 8. The summed E-state index contributed by atoms with van der Waals surface area (Å²) in [5.41, 5.74) is 1.07. The maximum absolute atomic E-state index is 12.9. The molecule has 0 radical (unpaired) electrons. The predicted octanol–water partition coefficient (Wildman–Crippen LogP) is 1.08. The van der Waals surface area contributed by atoms with Crippen LogP contribution in [-0.2, 0) is 9.53 Å². The molecule has 1 fully saturated rings. The molecule has 0 amide bonds. The quantitative estimate of drug-likeness (QED) is 0.358. The number of nitrogens with zero attached hydrogens (tertiary/aromatic N) is 1. The topological polar surface area (TPSA) is 26.3 Å². The molecule has 0 aromatic heterocycles. The van der Waals surface area contributed by atoms with Crippen molar-refractivity contribution in [2.45, 2.75) is 31.6 Å². The van der Waals surface area contributed by atoms with Crippen LogP contribution in [-0.4, -0.2) is 43.2 Å². The molecule has 142 valence electrons. The Hall–Kier alpha value is -1.39. The Balaban J connectivity index is 0.00000243. The van der Waals surface area contributed by atoms with Crippen molar-refractivity contribution >= 4 is 5.97 Å². The molecule has 0 saturated carbocycles. The third-order valence-corrected chi connectivity index (χ3v) is 5.73. The lowest BCUT2D eigenvalue weighted by molar-refractivity contribution is -0.911. The molecule has 1 aromatic rings. The molecule has 1 aromatic carbocycles. The van der Waals surface area contributed by atoms with Crippen LogP contribution >= 0.6 is 0 Å². The van der Waals surface area contributed by atoms with Gasteiger partial charge in [-0.1, -0.05) is 49.1 Å². The second kappa shape index (κ2) is 10.1. The van der Waals surface area contributed by atoms with Gasteiger partial charge in [0.15, 0.2) is 0 Å².